The number of carbonyl (C=O) groups is 1. The Balaban J connectivity index is 2.34. The molecule has 0 spiro atoms. The highest BCUT2D eigenvalue weighted by atomic mass is 35.5. The van der Waals surface area contributed by atoms with Gasteiger partial charge in [-0.25, -0.2) is 8.42 Å². The minimum atomic E-state index is -3.82. The van der Waals surface area contributed by atoms with Crippen molar-refractivity contribution in [2.75, 3.05) is 22.4 Å². The van der Waals surface area contributed by atoms with Crippen LogP contribution in [-0.2, 0) is 14.8 Å². The first-order valence-electron chi connectivity index (χ1n) is 7.17. The molecule has 5 nitrogen and oxygen atoms in total. The molecule has 2 rings (SSSR count). The van der Waals surface area contributed by atoms with Gasteiger partial charge in [-0.2, -0.15) is 0 Å². The molecule has 0 saturated heterocycles. The molecule has 0 bridgehead atoms. The van der Waals surface area contributed by atoms with Gasteiger partial charge in [0.1, 0.15) is 6.54 Å². The minimum Gasteiger partial charge on any atom is -0.324 e. The number of anilines is 2. The van der Waals surface area contributed by atoms with Crippen LogP contribution in [0.5, 0.6) is 0 Å². The van der Waals surface area contributed by atoms with Crippen LogP contribution < -0.4 is 9.62 Å². The van der Waals surface area contributed by atoms with E-state index in [1.165, 1.54) is 12.1 Å². The summed E-state index contributed by atoms with van der Waals surface area (Å²) >= 11 is 23.9. The third kappa shape index (κ3) is 5.18. The van der Waals surface area contributed by atoms with Gasteiger partial charge in [0.15, 0.2) is 0 Å². The number of nitrogens with one attached hydrogen (secondary N) is 1. The van der Waals surface area contributed by atoms with Crippen LogP contribution >= 0.6 is 46.4 Å². The molecule has 1 N–H and O–H groups in total. The molecule has 0 radical (unpaired) electrons. The van der Waals surface area contributed by atoms with E-state index in [1.54, 1.807) is 25.1 Å². The van der Waals surface area contributed by atoms with E-state index in [4.69, 9.17) is 46.4 Å². The summed E-state index contributed by atoms with van der Waals surface area (Å²) < 4.78 is 25.2. The van der Waals surface area contributed by atoms with Crippen LogP contribution in [0.25, 0.3) is 0 Å². The van der Waals surface area contributed by atoms with Crippen molar-refractivity contribution in [2.45, 2.75) is 6.92 Å². The van der Waals surface area contributed by atoms with Crippen LogP contribution in [0.3, 0.4) is 0 Å². The van der Waals surface area contributed by atoms with E-state index in [2.05, 4.69) is 5.32 Å². The predicted octanol–water partition coefficient (Wildman–Crippen LogP) is 5.01. The second kappa shape index (κ2) is 8.23. The van der Waals surface area contributed by atoms with Crippen molar-refractivity contribution in [1.82, 2.24) is 0 Å². The number of nitrogens with zero attached hydrogens (tertiary/aromatic N) is 1. The van der Waals surface area contributed by atoms with Gasteiger partial charge in [0, 0.05) is 10.7 Å². The Morgan fingerprint density at radius 2 is 1.65 bits per heavy atom. The molecular weight excluding hydrogens is 442 g/mol. The van der Waals surface area contributed by atoms with Gasteiger partial charge < -0.3 is 5.32 Å². The first kappa shape index (κ1) is 21.1. The Kier molecular flexibility index (Phi) is 6.69. The van der Waals surface area contributed by atoms with Crippen LogP contribution in [-0.4, -0.2) is 27.1 Å². The number of carbonyl (C=O) groups excluding carboxylic acids is 1. The first-order valence-corrected chi connectivity index (χ1v) is 10.5. The molecule has 0 aliphatic carbocycles. The van der Waals surface area contributed by atoms with E-state index in [0.717, 1.165) is 16.1 Å². The molecule has 140 valence electrons. The van der Waals surface area contributed by atoms with Crippen LogP contribution in [0, 0.1) is 6.92 Å². The summed E-state index contributed by atoms with van der Waals surface area (Å²) in [6.07, 6.45) is 0.962. The normalized spacial score (nSPS) is 11.3. The minimum absolute atomic E-state index is 0.0524. The number of sulfonamides is 1. The Morgan fingerprint density at radius 1 is 1.04 bits per heavy atom. The number of amides is 1. The van der Waals surface area contributed by atoms with Gasteiger partial charge in [0.05, 0.1) is 27.0 Å². The van der Waals surface area contributed by atoms with Gasteiger partial charge in [-0.15, -0.1) is 0 Å². The second-order valence-corrected chi connectivity index (χ2v) is 9.06. The predicted molar refractivity (Wildman–Crippen MR) is 108 cm³/mol. The molecule has 0 atom stereocenters. The fourth-order valence-corrected chi connectivity index (χ4v) is 3.86. The zero-order valence-corrected chi connectivity index (χ0v) is 17.5. The number of benzene rings is 2. The van der Waals surface area contributed by atoms with Crippen LogP contribution in [0.15, 0.2) is 30.3 Å². The summed E-state index contributed by atoms with van der Waals surface area (Å²) in [7, 11) is -3.82. The molecular formula is C16H14Cl4N2O3S. The topological polar surface area (TPSA) is 66.5 Å². The highest BCUT2D eigenvalue weighted by Gasteiger charge is 2.24. The Hall–Kier alpha value is -1.18. The lowest BCUT2D eigenvalue weighted by Gasteiger charge is -2.23. The molecule has 2 aromatic rings. The van der Waals surface area contributed by atoms with Gasteiger partial charge in [-0.1, -0.05) is 52.5 Å². The number of hydrogen-bond acceptors (Lipinski definition) is 3. The summed E-state index contributed by atoms with van der Waals surface area (Å²) in [6, 6.07) is 7.61. The molecule has 0 fully saturated rings. The molecule has 1 amide bonds. The lowest BCUT2D eigenvalue weighted by atomic mass is 10.2. The summed E-state index contributed by atoms with van der Waals surface area (Å²) in [6.45, 7) is 1.29. The molecule has 26 heavy (non-hydrogen) atoms. The average Bonchev–Trinajstić information content (AvgIpc) is 2.51. The molecule has 10 heteroatoms. The van der Waals surface area contributed by atoms with Gasteiger partial charge in [0.2, 0.25) is 15.9 Å². The Morgan fingerprint density at radius 3 is 2.27 bits per heavy atom. The Labute approximate surface area is 171 Å². The van der Waals surface area contributed by atoms with E-state index in [1.807, 2.05) is 0 Å². The zero-order chi connectivity index (χ0) is 19.6. The third-order valence-electron chi connectivity index (χ3n) is 3.42. The fraction of sp³-hybridized carbons (Fsp3) is 0.188. The van der Waals surface area contributed by atoms with Crippen molar-refractivity contribution in [3.63, 3.8) is 0 Å². The van der Waals surface area contributed by atoms with Gasteiger partial charge >= 0.3 is 0 Å². The maximum atomic E-state index is 12.4. The largest absolute Gasteiger partial charge is 0.324 e. The standard InChI is InChI=1S/C16H14Cl4N2O3S/c1-9-3-4-10(17)5-14(9)21-16(23)8-22(26(2,24)25)15-7-12(19)11(18)6-13(15)20/h3-7H,8H2,1-2H3,(H,21,23). The van der Waals surface area contributed by atoms with E-state index in [0.29, 0.717) is 10.7 Å². The summed E-state index contributed by atoms with van der Waals surface area (Å²) in [5, 5.41) is 3.42. The lowest BCUT2D eigenvalue weighted by Crippen LogP contribution is -2.37. The van der Waals surface area contributed by atoms with Crippen molar-refractivity contribution in [3.05, 3.63) is 56.0 Å². The number of hydrogen-bond donors (Lipinski definition) is 1. The second-order valence-electron chi connectivity index (χ2n) is 5.49. The summed E-state index contributed by atoms with van der Waals surface area (Å²) in [5.74, 6) is -0.567. The van der Waals surface area contributed by atoms with Crippen LogP contribution in [0.1, 0.15) is 5.56 Å². The SMILES string of the molecule is Cc1ccc(Cl)cc1NC(=O)CN(c1cc(Cl)c(Cl)cc1Cl)S(C)(=O)=O. The van der Waals surface area contributed by atoms with Crippen molar-refractivity contribution < 1.29 is 13.2 Å². The first-order chi connectivity index (χ1) is 12.0. The summed E-state index contributed by atoms with van der Waals surface area (Å²) in [5.41, 5.74) is 1.32. The Bertz CT molecular complexity index is 964. The van der Waals surface area contributed by atoms with Crippen molar-refractivity contribution in [1.29, 1.82) is 0 Å². The van der Waals surface area contributed by atoms with Crippen molar-refractivity contribution in [3.8, 4) is 0 Å². The molecule has 0 saturated carbocycles. The van der Waals surface area contributed by atoms with Crippen LogP contribution in [0.2, 0.25) is 20.1 Å². The van der Waals surface area contributed by atoms with E-state index in [9.17, 15) is 13.2 Å². The van der Waals surface area contributed by atoms with Gasteiger partial charge in [-0.3, -0.25) is 9.10 Å². The highest BCUT2D eigenvalue weighted by molar-refractivity contribution is 7.92. The summed E-state index contributed by atoms with van der Waals surface area (Å²) in [4.78, 5) is 12.4. The fourth-order valence-electron chi connectivity index (χ4n) is 2.13. The molecule has 2 aromatic carbocycles. The van der Waals surface area contributed by atoms with Crippen molar-refractivity contribution in [2.24, 2.45) is 0 Å². The molecule has 0 unspecified atom stereocenters. The maximum absolute atomic E-state index is 12.4. The molecule has 0 aromatic heterocycles. The number of halogens is 4. The third-order valence-corrected chi connectivity index (χ3v) is 5.81. The quantitative estimate of drug-likeness (QED) is 0.644. The lowest BCUT2D eigenvalue weighted by molar-refractivity contribution is -0.114. The number of rotatable bonds is 5. The van der Waals surface area contributed by atoms with Crippen LogP contribution in [0.4, 0.5) is 11.4 Å². The smallest absolute Gasteiger partial charge is 0.245 e. The van der Waals surface area contributed by atoms with Crippen molar-refractivity contribution >= 4 is 73.7 Å². The van der Waals surface area contributed by atoms with Gasteiger partial charge in [-0.05, 0) is 36.8 Å². The highest BCUT2D eigenvalue weighted by Crippen LogP contribution is 2.35. The van der Waals surface area contributed by atoms with E-state index in [-0.39, 0.29) is 20.8 Å². The zero-order valence-electron chi connectivity index (χ0n) is 13.7. The molecule has 0 aliphatic heterocycles. The molecule has 0 heterocycles. The monoisotopic (exact) mass is 454 g/mol. The molecule has 0 aliphatic rings. The van der Waals surface area contributed by atoms with E-state index >= 15 is 0 Å². The number of aryl methyl sites for hydroxylation is 1. The average molecular weight is 456 g/mol. The van der Waals surface area contributed by atoms with Gasteiger partial charge in [0.25, 0.3) is 0 Å². The van der Waals surface area contributed by atoms with E-state index < -0.39 is 22.5 Å². The maximum Gasteiger partial charge on any atom is 0.245 e.